The van der Waals surface area contributed by atoms with Crippen molar-refractivity contribution in [2.45, 2.75) is 25.7 Å². The van der Waals surface area contributed by atoms with Gasteiger partial charge in [0.15, 0.2) is 0 Å². The van der Waals surface area contributed by atoms with Crippen molar-refractivity contribution in [1.29, 1.82) is 0 Å². The Morgan fingerprint density at radius 1 is 0.871 bits per heavy atom. The highest BCUT2D eigenvalue weighted by Gasteiger charge is 2.41. The standard InChI is InChI=1S/C28H27NO2/c30-14-13-29-27(31)21-11-9-20(10-12-21)17-28(18-24-7-3-4-8-25(24)19-28)26-15-22-5-1-2-6-23(22)16-26/h1-12,15,30H,13-14,16-19H2,(H,29,31). The molecule has 5 rings (SSSR count). The third-order valence-corrected chi connectivity index (χ3v) is 6.78. The maximum absolute atomic E-state index is 12.2. The lowest BCUT2D eigenvalue weighted by molar-refractivity contribution is 0.0945. The van der Waals surface area contributed by atoms with Gasteiger partial charge in [0, 0.05) is 17.5 Å². The monoisotopic (exact) mass is 409 g/mol. The van der Waals surface area contributed by atoms with E-state index < -0.39 is 0 Å². The van der Waals surface area contributed by atoms with E-state index >= 15 is 0 Å². The van der Waals surface area contributed by atoms with Crippen LogP contribution in [0, 0.1) is 5.41 Å². The number of amides is 1. The molecule has 2 aliphatic rings. The van der Waals surface area contributed by atoms with Gasteiger partial charge in [-0.25, -0.2) is 0 Å². The maximum Gasteiger partial charge on any atom is 0.251 e. The number of hydrogen-bond acceptors (Lipinski definition) is 2. The summed E-state index contributed by atoms with van der Waals surface area (Å²) in [4.78, 5) is 12.2. The molecule has 2 N–H and O–H groups in total. The minimum Gasteiger partial charge on any atom is -0.395 e. The van der Waals surface area contributed by atoms with Crippen molar-refractivity contribution in [3.05, 3.63) is 112 Å². The number of aliphatic hydroxyl groups excluding tert-OH is 1. The van der Waals surface area contributed by atoms with Crippen LogP contribution in [0.4, 0.5) is 0 Å². The van der Waals surface area contributed by atoms with Gasteiger partial charge < -0.3 is 10.4 Å². The van der Waals surface area contributed by atoms with Gasteiger partial charge in [0.1, 0.15) is 0 Å². The first-order valence-corrected chi connectivity index (χ1v) is 11.0. The van der Waals surface area contributed by atoms with Gasteiger partial charge in [-0.2, -0.15) is 0 Å². The Balaban J connectivity index is 1.44. The van der Waals surface area contributed by atoms with E-state index in [4.69, 9.17) is 5.11 Å². The van der Waals surface area contributed by atoms with Crippen LogP contribution in [0.3, 0.4) is 0 Å². The number of carbonyl (C=O) groups is 1. The van der Waals surface area contributed by atoms with Crippen LogP contribution in [-0.4, -0.2) is 24.2 Å². The zero-order valence-corrected chi connectivity index (χ0v) is 17.6. The second kappa shape index (κ2) is 8.16. The number of allylic oxidation sites excluding steroid dienone is 1. The third-order valence-electron chi connectivity index (χ3n) is 6.78. The maximum atomic E-state index is 12.2. The minimum absolute atomic E-state index is 0.0512. The highest BCUT2D eigenvalue weighted by atomic mass is 16.3. The smallest absolute Gasteiger partial charge is 0.251 e. The van der Waals surface area contributed by atoms with E-state index in [1.54, 1.807) is 0 Å². The Morgan fingerprint density at radius 3 is 2.16 bits per heavy atom. The SMILES string of the molecule is O=C(NCCO)c1ccc(CC2(C3=Cc4ccccc4C3)Cc3ccccc3C2)cc1. The fourth-order valence-corrected chi connectivity index (χ4v) is 5.22. The molecule has 31 heavy (non-hydrogen) atoms. The first kappa shape index (κ1) is 19.8. The van der Waals surface area contributed by atoms with Crippen LogP contribution >= 0.6 is 0 Å². The second-order valence-corrected chi connectivity index (χ2v) is 8.80. The molecule has 0 heterocycles. The van der Waals surface area contributed by atoms with Crippen molar-refractivity contribution in [1.82, 2.24) is 5.32 Å². The number of hydrogen-bond donors (Lipinski definition) is 2. The number of benzene rings is 3. The van der Waals surface area contributed by atoms with Gasteiger partial charge in [-0.05, 0) is 65.6 Å². The number of carbonyl (C=O) groups excluding carboxylic acids is 1. The molecule has 0 unspecified atom stereocenters. The lowest BCUT2D eigenvalue weighted by Crippen LogP contribution is -2.28. The first-order chi connectivity index (χ1) is 15.2. The molecule has 3 nitrogen and oxygen atoms in total. The first-order valence-electron chi connectivity index (χ1n) is 11.0. The minimum atomic E-state index is -0.141. The second-order valence-electron chi connectivity index (χ2n) is 8.80. The van der Waals surface area contributed by atoms with E-state index in [2.05, 4.69) is 72.1 Å². The average Bonchev–Trinajstić information content (AvgIpc) is 3.40. The van der Waals surface area contributed by atoms with Crippen molar-refractivity contribution in [3.63, 3.8) is 0 Å². The molecule has 3 aromatic carbocycles. The molecule has 0 saturated carbocycles. The summed E-state index contributed by atoms with van der Waals surface area (Å²) in [5.74, 6) is -0.141. The summed E-state index contributed by atoms with van der Waals surface area (Å²) >= 11 is 0. The van der Waals surface area contributed by atoms with Gasteiger partial charge in [0.05, 0.1) is 6.61 Å². The average molecular weight is 410 g/mol. The molecule has 0 saturated heterocycles. The van der Waals surface area contributed by atoms with Crippen LogP contribution in [0.5, 0.6) is 0 Å². The lowest BCUT2D eigenvalue weighted by atomic mass is 9.72. The summed E-state index contributed by atoms with van der Waals surface area (Å²) in [6, 6.07) is 25.5. The number of aliphatic hydroxyl groups is 1. The van der Waals surface area contributed by atoms with Gasteiger partial charge in [0.25, 0.3) is 5.91 Å². The van der Waals surface area contributed by atoms with Crippen molar-refractivity contribution >= 4 is 12.0 Å². The van der Waals surface area contributed by atoms with Crippen LogP contribution in [0.25, 0.3) is 6.08 Å². The molecular formula is C28H27NO2. The normalized spacial score (nSPS) is 15.8. The zero-order valence-electron chi connectivity index (χ0n) is 17.6. The predicted octanol–water partition coefficient (Wildman–Crippen LogP) is 4.38. The van der Waals surface area contributed by atoms with Crippen molar-refractivity contribution in [3.8, 4) is 0 Å². The van der Waals surface area contributed by atoms with Crippen LogP contribution in [0.2, 0.25) is 0 Å². The highest BCUT2D eigenvalue weighted by Crippen LogP contribution is 2.48. The van der Waals surface area contributed by atoms with E-state index in [0.29, 0.717) is 5.56 Å². The Hall–Kier alpha value is -3.17. The molecule has 3 aromatic rings. The molecule has 0 aromatic heterocycles. The Morgan fingerprint density at radius 2 is 1.52 bits per heavy atom. The van der Waals surface area contributed by atoms with E-state index in [1.807, 2.05) is 12.1 Å². The Bertz CT molecular complexity index is 1120. The van der Waals surface area contributed by atoms with Gasteiger partial charge in [-0.3, -0.25) is 4.79 Å². The van der Waals surface area contributed by atoms with Crippen LogP contribution in [-0.2, 0) is 25.7 Å². The fraction of sp³-hybridized carbons (Fsp3) is 0.250. The number of nitrogens with one attached hydrogen (secondary N) is 1. The highest BCUT2D eigenvalue weighted by molar-refractivity contribution is 5.94. The zero-order chi connectivity index (χ0) is 21.3. The predicted molar refractivity (Wildman–Crippen MR) is 124 cm³/mol. The Labute approximate surface area is 183 Å². The van der Waals surface area contributed by atoms with Gasteiger partial charge in [0.2, 0.25) is 0 Å². The molecule has 156 valence electrons. The summed E-state index contributed by atoms with van der Waals surface area (Å²) in [5, 5.41) is 11.6. The molecule has 0 spiro atoms. The van der Waals surface area contributed by atoms with E-state index in [-0.39, 0.29) is 24.5 Å². The molecule has 0 aliphatic heterocycles. The van der Waals surface area contributed by atoms with Crippen molar-refractivity contribution < 1.29 is 9.90 Å². The van der Waals surface area contributed by atoms with Gasteiger partial charge in [-0.1, -0.05) is 72.3 Å². The van der Waals surface area contributed by atoms with Crippen LogP contribution in [0.15, 0.2) is 78.4 Å². The molecular weight excluding hydrogens is 382 g/mol. The summed E-state index contributed by atoms with van der Waals surface area (Å²) in [5.41, 5.74) is 9.17. The lowest BCUT2D eigenvalue weighted by Gasteiger charge is -2.31. The number of fused-ring (bicyclic) bond motifs is 2. The van der Waals surface area contributed by atoms with Gasteiger partial charge in [-0.15, -0.1) is 0 Å². The molecule has 2 aliphatic carbocycles. The van der Waals surface area contributed by atoms with Crippen molar-refractivity contribution in [2.75, 3.05) is 13.2 Å². The fourth-order valence-electron chi connectivity index (χ4n) is 5.22. The van der Waals surface area contributed by atoms with Crippen LogP contribution in [0.1, 0.15) is 38.2 Å². The van der Waals surface area contributed by atoms with E-state index in [9.17, 15) is 4.79 Å². The van der Waals surface area contributed by atoms with Crippen molar-refractivity contribution in [2.24, 2.45) is 5.41 Å². The van der Waals surface area contributed by atoms with E-state index in [1.165, 1.54) is 33.4 Å². The molecule has 0 bridgehead atoms. The summed E-state index contributed by atoms with van der Waals surface area (Å²) < 4.78 is 0. The molecule has 0 radical (unpaired) electrons. The largest absolute Gasteiger partial charge is 0.395 e. The third kappa shape index (κ3) is 3.82. The van der Waals surface area contributed by atoms with Crippen LogP contribution < -0.4 is 5.32 Å². The summed E-state index contributed by atoms with van der Waals surface area (Å²) in [7, 11) is 0. The van der Waals surface area contributed by atoms with E-state index in [0.717, 1.165) is 25.7 Å². The molecule has 0 atom stereocenters. The summed E-state index contributed by atoms with van der Waals surface area (Å²) in [6.45, 7) is 0.223. The summed E-state index contributed by atoms with van der Waals surface area (Å²) in [6.07, 6.45) is 6.51. The van der Waals surface area contributed by atoms with Gasteiger partial charge >= 0.3 is 0 Å². The topological polar surface area (TPSA) is 49.3 Å². The quantitative estimate of drug-likeness (QED) is 0.635. The Kier molecular flexibility index (Phi) is 5.21. The molecule has 0 fully saturated rings. The molecule has 3 heteroatoms. The molecule has 1 amide bonds. The number of rotatable bonds is 6.